The fourth-order valence-electron chi connectivity index (χ4n) is 3.10. The molecule has 3 aromatic rings. The highest BCUT2D eigenvalue weighted by Gasteiger charge is 2.38. The Labute approximate surface area is 174 Å². The number of pyridine rings is 1. The first-order chi connectivity index (χ1) is 14.3. The number of amides is 1. The van der Waals surface area contributed by atoms with Crippen molar-refractivity contribution in [3.05, 3.63) is 59.1 Å². The number of benzene rings is 1. The van der Waals surface area contributed by atoms with Crippen molar-refractivity contribution < 1.29 is 22.5 Å². The number of carbonyl (C=O) groups is 1. The highest BCUT2D eigenvalue weighted by atomic mass is 35.5. The summed E-state index contributed by atoms with van der Waals surface area (Å²) in [6.07, 6.45) is -3.30. The van der Waals surface area contributed by atoms with Gasteiger partial charge in [0.2, 0.25) is 5.82 Å². The average Bonchev–Trinajstić information content (AvgIpc) is 3.24. The molecule has 1 fully saturated rings. The summed E-state index contributed by atoms with van der Waals surface area (Å²) >= 11 is 5.95. The first kappa shape index (κ1) is 20.1. The third kappa shape index (κ3) is 4.23. The number of hydrogen-bond donors (Lipinski definition) is 0. The molecule has 7 nitrogen and oxygen atoms in total. The van der Waals surface area contributed by atoms with Gasteiger partial charge in [-0.05, 0) is 30.3 Å². The molecule has 3 heterocycles. The zero-order chi connectivity index (χ0) is 21.3. The van der Waals surface area contributed by atoms with Gasteiger partial charge in [-0.25, -0.2) is 4.98 Å². The van der Waals surface area contributed by atoms with Crippen LogP contribution in [-0.4, -0.2) is 52.1 Å². The van der Waals surface area contributed by atoms with Crippen molar-refractivity contribution in [3.8, 4) is 11.4 Å². The quantitative estimate of drug-likeness (QED) is 0.621. The number of piperazine rings is 1. The molecule has 2 aromatic heterocycles. The summed E-state index contributed by atoms with van der Waals surface area (Å²) in [6, 6.07) is 10.1. The second-order valence-corrected chi connectivity index (χ2v) is 7.05. The Morgan fingerprint density at radius 2 is 1.87 bits per heavy atom. The predicted molar refractivity (Wildman–Crippen MR) is 102 cm³/mol. The second-order valence-electron chi connectivity index (χ2n) is 6.62. The molecule has 156 valence electrons. The van der Waals surface area contributed by atoms with Gasteiger partial charge in [0.25, 0.3) is 5.91 Å². The summed E-state index contributed by atoms with van der Waals surface area (Å²) < 4.78 is 42.0. The van der Waals surface area contributed by atoms with Crippen LogP contribution in [0.25, 0.3) is 11.4 Å². The predicted octanol–water partition coefficient (Wildman–Crippen LogP) is 3.77. The smallest absolute Gasteiger partial charge is 0.353 e. The minimum Gasteiger partial charge on any atom is -0.353 e. The number of rotatable bonds is 3. The van der Waals surface area contributed by atoms with Crippen LogP contribution in [0.3, 0.4) is 0 Å². The lowest BCUT2D eigenvalue weighted by molar-refractivity contribution is -0.159. The third-order valence-electron chi connectivity index (χ3n) is 4.64. The van der Waals surface area contributed by atoms with Gasteiger partial charge in [-0.1, -0.05) is 22.8 Å². The van der Waals surface area contributed by atoms with Crippen molar-refractivity contribution in [2.75, 3.05) is 31.1 Å². The number of aromatic nitrogens is 3. The molecule has 4 rings (SSSR count). The summed E-state index contributed by atoms with van der Waals surface area (Å²) in [5.41, 5.74) is 0.851. The summed E-state index contributed by atoms with van der Waals surface area (Å²) in [7, 11) is 0. The van der Waals surface area contributed by atoms with E-state index < -0.39 is 12.1 Å². The Balaban J connectivity index is 1.39. The van der Waals surface area contributed by atoms with E-state index in [-0.39, 0.29) is 11.7 Å². The highest BCUT2D eigenvalue weighted by molar-refractivity contribution is 6.30. The van der Waals surface area contributed by atoms with E-state index >= 15 is 0 Å². The molecule has 1 aliphatic rings. The maximum atomic E-state index is 12.6. The molecule has 1 amide bonds. The Morgan fingerprint density at radius 1 is 1.10 bits per heavy atom. The van der Waals surface area contributed by atoms with Crippen molar-refractivity contribution in [1.29, 1.82) is 0 Å². The second kappa shape index (κ2) is 7.94. The lowest BCUT2D eigenvalue weighted by Crippen LogP contribution is -2.49. The van der Waals surface area contributed by atoms with Gasteiger partial charge in [0.05, 0.1) is 0 Å². The van der Waals surface area contributed by atoms with E-state index in [1.807, 2.05) is 4.90 Å². The van der Waals surface area contributed by atoms with E-state index in [0.717, 1.165) is 0 Å². The minimum atomic E-state index is -4.69. The Kier molecular flexibility index (Phi) is 5.33. The van der Waals surface area contributed by atoms with Crippen LogP contribution in [0.2, 0.25) is 5.02 Å². The molecular formula is C19H15ClF3N5O2. The van der Waals surface area contributed by atoms with E-state index in [2.05, 4.69) is 19.6 Å². The Hall–Kier alpha value is -3.14. The monoisotopic (exact) mass is 437 g/mol. The van der Waals surface area contributed by atoms with E-state index in [1.165, 1.54) is 6.20 Å². The minimum absolute atomic E-state index is 0.0852. The van der Waals surface area contributed by atoms with Crippen molar-refractivity contribution in [2.24, 2.45) is 0 Å². The summed E-state index contributed by atoms with van der Waals surface area (Å²) in [4.78, 5) is 24.0. The van der Waals surface area contributed by atoms with Crippen molar-refractivity contribution in [3.63, 3.8) is 0 Å². The molecule has 0 N–H and O–H groups in total. The van der Waals surface area contributed by atoms with Crippen LogP contribution in [0.1, 0.15) is 16.2 Å². The standard InChI is InChI=1S/C19H15ClF3N5O2/c20-14-3-1-2-12(10-14)17(29)28-8-6-27(7-9-28)15-5-4-13(11-24-15)16-25-18(30-26-16)19(21,22)23/h1-5,10-11H,6-9H2. The Bertz CT molecular complexity index is 1050. The number of anilines is 1. The van der Waals surface area contributed by atoms with Crippen LogP contribution in [0.5, 0.6) is 0 Å². The fourth-order valence-corrected chi connectivity index (χ4v) is 3.29. The number of halogens is 4. The number of hydrogen-bond acceptors (Lipinski definition) is 6. The SMILES string of the molecule is O=C(c1cccc(Cl)c1)N1CCN(c2ccc(-c3noc(C(F)(F)F)n3)cn2)CC1. The molecule has 0 bridgehead atoms. The molecule has 30 heavy (non-hydrogen) atoms. The first-order valence-corrected chi connectivity index (χ1v) is 9.36. The molecule has 1 aliphatic heterocycles. The lowest BCUT2D eigenvalue weighted by Gasteiger charge is -2.35. The van der Waals surface area contributed by atoms with Gasteiger partial charge in [0.1, 0.15) is 5.82 Å². The summed E-state index contributed by atoms with van der Waals surface area (Å²) in [6.45, 7) is 2.15. The maximum Gasteiger partial charge on any atom is 0.471 e. The van der Waals surface area contributed by atoms with Crippen LogP contribution in [0.4, 0.5) is 19.0 Å². The molecular weight excluding hydrogens is 423 g/mol. The molecule has 0 atom stereocenters. The number of alkyl halides is 3. The molecule has 0 spiro atoms. The van der Waals surface area contributed by atoms with Crippen molar-refractivity contribution in [2.45, 2.75) is 6.18 Å². The molecule has 0 aliphatic carbocycles. The lowest BCUT2D eigenvalue weighted by atomic mass is 10.2. The van der Waals surface area contributed by atoms with Crippen LogP contribution in [-0.2, 0) is 6.18 Å². The maximum absolute atomic E-state index is 12.6. The zero-order valence-electron chi connectivity index (χ0n) is 15.4. The van der Waals surface area contributed by atoms with Gasteiger partial charge in [-0.2, -0.15) is 18.2 Å². The highest BCUT2D eigenvalue weighted by Crippen LogP contribution is 2.29. The van der Waals surface area contributed by atoms with Crippen molar-refractivity contribution in [1.82, 2.24) is 20.0 Å². The average molecular weight is 438 g/mol. The largest absolute Gasteiger partial charge is 0.471 e. The summed E-state index contributed by atoms with van der Waals surface area (Å²) in [5, 5.41) is 3.85. The fraction of sp³-hybridized carbons (Fsp3) is 0.263. The molecule has 1 saturated heterocycles. The van der Waals surface area contributed by atoms with Crippen LogP contribution >= 0.6 is 11.6 Å². The van der Waals surface area contributed by atoms with Gasteiger partial charge < -0.3 is 14.3 Å². The normalized spacial score (nSPS) is 14.8. The van der Waals surface area contributed by atoms with E-state index in [9.17, 15) is 18.0 Å². The number of nitrogens with zero attached hydrogens (tertiary/aromatic N) is 5. The molecule has 11 heteroatoms. The van der Waals surface area contributed by atoms with Crippen LogP contribution in [0.15, 0.2) is 47.1 Å². The molecule has 0 saturated carbocycles. The van der Waals surface area contributed by atoms with E-state index in [4.69, 9.17) is 11.6 Å². The topological polar surface area (TPSA) is 75.4 Å². The van der Waals surface area contributed by atoms with Crippen LogP contribution < -0.4 is 4.90 Å². The van der Waals surface area contributed by atoms with Gasteiger partial charge in [-0.15, -0.1) is 0 Å². The zero-order valence-corrected chi connectivity index (χ0v) is 16.2. The van der Waals surface area contributed by atoms with E-state index in [1.54, 1.807) is 41.3 Å². The Morgan fingerprint density at radius 3 is 2.47 bits per heavy atom. The van der Waals surface area contributed by atoms with Crippen molar-refractivity contribution >= 4 is 23.3 Å². The number of carbonyl (C=O) groups excluding carboxylic acids is 1. The molecule has 0 radical (unpaired) electrons. The van der Waals surface area contributed by atoms with Crippen LogP contribution in [0, 0.1) is 0 Å². The first-order valence-electron chi connectivity index (χ1n) is 8.98. The molecule has 0 unspecified atom stereocenters. The van der Waals surface area contributed by atoms with Gasteiger partial charge in [0, 0.05) is 48.5 Å². The van der Waals surface area contributed by atoms with Gasteiger partial charge in [-0.3, -0.25) is 4.79 Å². The van der Waals surface area contributed by atoms with E-state index in [0.29, 0.717) is 48.1 Å². The third-order valence-corrected chi connectivity index (χ3v) is 4.87. The van der Waals surface area contributed by atoms with Gasteiger partial charge in [0.15, 0.2) is 0 Å². The summed E-state index contributed by atoms with van der Waals surface area (Å²) in [5.74, 6) is -1.02. The molecule has 1 aromatic carbocycles. The van der Waals surface area contributed by atoms with Gasteiger partial charge >= 0.3 is 12.1 Å².